The molecule has 8 heteroatoms. The van der Waals surface area contributed by atoms with E-state index < -0.39 is 34.7 Å². The quantitative estimate of drug-likeness (QED) is 0.677. The van der Waals surface area contributed by atoms with Crippen molar-refractivity contribution in [1.82, 2.24) is 0 Å². The first kappa shape index (κ1) is 17.7. The van der Waals surface area contributed by atoms with Crippen LogP contribution in [0, 0.1) is 0 Å². The Kier molecular flexibility index (Phi) is 6.50. The summed E-state index contributed by atoms with van der Waals surface area (Å²) in [5.41, 5.74) is 0. The number of rotatable bonds is 7. The van der Waals surface area contributed by atoms with Crippen molar-refractivity contribution < 1.29 is 16.8 Å². The summed E-state index contributed by atoms with van der Waals surface area (Å²) in [5.74, 6) is 0. The fourth-order valence-electron chi connectivity index (χ4n) is 1.84. The third kappa shape index (κ3) is 8.43. The van der Waals surface area contributed by atoms with Gasteiger partial charge in [0, 0.05) is 7.11 Å². The Hall–Kier alpha value is 0.708. The Morgan fingerprint density at radius 3 is 1.47 bits per heavy atom. The molecule has 0 aliphatic carbocycles. The van der Waals surface area contributed by atoms with Gasteiger partial charge in [-0.2, -0.15) is 0 Å². The second-order valence-corrected chi connectivity index (χ2v) is 19.3. The van der Waals surface area contributed by atoms with Crippen LogP contribution in [0.15, 0.2) is 0 Å². The third-order valence-electron chi connectivity index (χ3n) is 1.99. The molecule has 0 amide bonds. The smallest absolute Gasteiger partial charge is 0.322 e. The summed E-state index contributed by atoms with van der Waals surface area (Å²) in [7, 11) is -5.61. The summed E-state index contributed by atoms with van der Waals surface area (Å²) in [6.45, 7) is 16.7. The lowest BCUT2D eigenvalue weighted by atomic mass is 11.8. The van der Waals surface area contributed by atoms with Gasteiger partial charge in [-0.3, -0.25) is 0 Å². The van der Waals surface area contributed by atoms with Gasteiger partial charge < -0.3 is 16.8 Å². The first-order valence-electron chi connectivity index (χ1n) is 6.02. The van der Waals surface area contributed by atoms with Crippen molar-refractivity contribution in [2.45, 2.75) is 52.4 Å². The minimum Gasteiger partial charge on any atom is -0.440 e. The van der Waals surface area contributed by atoms with Crippen molar-refractivity contribution in [1.29, 1.82) is 0 Å². The maximum atomic E-state index is 6.20. The maximum Gasteiger partial charge on any atom is 0.322 e. The lowest BCUT2D eigenvalue weighted by Crippen LogP contribution is -2.55. The van der Waals surface area contributed by atoms with Crippen LogP contribution in [0.4, 0.5) is 0 Å². The molecule has 17 heavy (non-hydrogen) atoms. The van der Waals surface area contributed by atoms with E-state index in [9.17, 15) is 0 Å². The van der Waals surface area contributed by atoms with E-state index in [0.717, 1.165) is 0 Å². The zero-order valence-electron chi connectivity index (χ0n) is 12.7. The highest BCUT2D eigenvalue weighted by atomic mass is 28.5. The van der Waals surface area contributed by atoms with E-state index >= 15 is 0 Å². The summed E-state index contributed by atoms with van der Waals surface area (Å²) in [4.78, 5) is 0. The van der Waals surface area contributed by atoms with Gasteiger partial charge in [0.2, 0.25) is 0 Å². The SMILES string of the molecule is CO[Si](C)(C)O[Si](C)(C)O[Si](C)(C)O[SiH](C)C. The van der Waals surface area contributed by atoms with E-state index in [1.807, 2.05) is 13.1 Å². The molecule has 0 saturated carbocycles. The molecule has 0 fully saturated rings. The molecule has 0 N–H and O–H groups in total. The molecule has 0 bridgehead atoms. The van der Waals surface area contributed by atoms with Crippen LogP contribution in [0.25, 0.3) is 0 Å². The van der Waals surface area contributed by atoms with E-state index in [2.05, 4.69) is 39.3 Å². The molecule has 4 nitrogen and oxygen atoms in total. The maximum absolute atomic E-state index is 6.20. The minimum atomic E-state index is -2.17. The highest BCUT2D eigenvalue weighted by molar-refractivity contribution is 6.86. The minimum absolute atomic E-state index is 1.06. The molecular weight excluding hydrogens is 284 g/mol. The van der Waals surface area contributed by atoms with Crippen LogP contribution in [-0.2, 0) is 16.8 Å². The van der Waals surface area contributed by atoms with E-state index in [1.54, 1.807) is 7.11 Å². The van der Waals surface area contributed by atoms with Gasteiger partial charge in [0.1, 0.15) is 0 Å². The van der Waals surface area contributed by atoms with Crippen molar-refractivity contribution in [3.63, 3.8) is 0 Å². The number of hydrogen-bond acceptors (Lipinski definition) is 4. The van der Waals surface area contributed by atoms with Crippen LogP contribution in [0.1, 0.15) is 0 Å². The van der Waals surface area contributed by atoms with E-state index in [1.165, 1.54) is 0 Å². The van der Waals surface area contributed by atoms with Crippen LogP contribution in [0.3, 0.4) is 0 Å². The molecule has 0 aliphatic heterocycles. The zero-order valence-corrected chi connectivity index (χ0v) is 16.9. The largest absolute Gasteiger partial charge is 0.440 e. The molecule has 0 rings (SSSR count). The Bertz CT molecular complexity index is 243. The average molecular weight is 313 g/mol. The van der Waals surface area contributed by atoms with Crippen molar-refractivity contribution in [3.8, 4) is 0 Å². The van der Waals surface area contributed by atoms with Crippen molar-refractivity contribution in [3.05, 3.63) is 0 Å². The molecular formula is C9H28O4Si4. The molecule has 0 atom stereocenters. The Morgan fingerprint density at radius 1 is 0.706 bits per heavy atom. The van der Waals surface area contributed by atoms with Crippen LogP contribution in [0.5, 0.6) is 0 Å². The predicted octanol–water partition coefficient (Wildman–Crippen LogP) is 2.77. The molecule has 0 aliphatic rings. The lowest BCUT2D eigenvalue weighted by Gasteiger charge is -2.37. The normalized spacial score (nSPS) is 14.5. The Balaban J connectivity index is 4.53. The fraction of sp³-hybridized carbons (Fsp3) is 1.00. The third-order valence-corrected chi connectivity index (χ3v) is 15.0. The first-order valence-corrected chi connectivity index (χ1v) is 17.3. The fourth-order valence-corrected chi connectivity index (χ4v) is 17.4. The standard InChI is InChI=1S/C9H28O4Si4/c1-10-15(4,5)12-17(8,9)13-16(6,7)11-14(2)3/h14H,1-9H3. The molecule has 0 saturated heterocycles. The van der Waals surface area contributed by atoms with Gasteiger partial charge in [-0.15, -0.1) is 0 Å². The molecule has 0 spiro atoms. The first-order chi connectivity index (χ1) is 7.39. The number of hydrogen-bond donors (Lipinski definition) is 0. The summed E-state index contributed by atoms with van der Waals surface area (Å²) >= 11 is 0. The topological polar surface area (TPSA) is 36.9 Å². The summed E-state index contributed by atoms with van der Waals surface area (Å²) in [5, 5.41) is 0. The second kappa shape index (κ2) is 6.24. The van der Waals surface area contributed by atoms with Crippen LogP contribution < -0.4 is 0 Å². The van der Waals surface area contributed by atoms with Crippen molar-refractivity contribution in [2.24, 2.45) is 0 Å². The van der Waals surface area contributed by atoms with Gasteiger partial charge in [-0.1, -0.05) is 0 Å². The predicted molar refractivity (Wildman–Crippen MR) is 81.6 cm³/mol. The summed E-state index contributed by atoms with van der Waals surface area (Å²) in [6, 6.07) is 0. The Labute approximate surface area is 111 Å². The second-order valence-electron chi connectivity index (χ2n) is 5.77. The van der Waals surface area contributed by atoms with Gasteiger partial charge in [-0.25, -0.2) is 0 Å². The zero-order chi connectivity index (χ0) is 13.9. The molecule has 0 radical (unpaired) electrons. The van der Waals surface area contributed by atoms with Gasteiger partial charge in [0.25, 0.3) is 0 Å². The van der Waals surface area contributed by atoms with Gasteiger partial charge in [-0.05, 0) is 52.4 Å². The monoisotopic (exact) mass is 312 g/mol. The van der Waals surface area contributed by atoms with Gasteiger partial charge in [0.15, 0.2) is 9.04 Å². The average Bonchev–Trinajstić information content (AvgIpc) is 1.96. The highest BCUT2D eigenvalue weighted by Gasteiger charge is 2.41. The van der Waals surface area contributed by atoms with Crippen LogP contribution >= 0.6 is 0 Å². The molecule has 0 aromatic carbocycles. The molecule has 0 heterocycles. The van der Waals surface area contributed by atoms with E-state index in [0.29, 0.717) is 0 Å². The lowest BCUT2D eigenvalue weighted by molar-refractivity contribution is 0.267. The van der Waals surface area contributed by atoms with E-state index in [4.69, 9.17) is 16.8 Å². The van der Waals surface area contributed by atoms with Crippen molar-refractivity contribution in [2.75, 3.05) is 7.11 Å². The Morgan fingerprint density at radius 2 is 1.12 bits per heavy atom. The molecule has 104 valence electrons. The molecule has 0 aromatic heterocycles. The molecule has 0 aromatic rings. The van der Waals surface area contributed by atoms with Gasteiger partial charge >= 0.3 is 25.7 Å². The van der Waals surface area contributed by atoms with Crippen molar-refractivity contribution >= 4 is 34.7 Å². The van der Waals surface area contributed by atoms with Gasteiger partial charge in [0.05, 0.1) is 0 Å². The van der Waals surface area contributed by atoms with Crippen LogP contribution in [0.2, 0.25) is 52.4 Å². The highest BCUT2D eigenvalue weighted by Crippen LogP contribution is 2.21. The van der Waals surface area contributed by atoms with E-state index in [-0.39, 0.29) is 0 Å². The summed E-state index contributed by atoms with van der Waals surface area (Å²) in [6.07, 6.45) is 0. The summed E-state index contributed by atoms with van der Waals surface area (Å²) < 4.78 is 23.7. The molecule has 0 unspecified atom stereocenters. The van der Waals surface area contributed by atoms with Crippen LogP contribution in [-0.4, -0.2) is 41.8 Å².